The van der Waals surface area contributed by atoms with Crippen LogP contribution in [0.2, 0.25) is 0 Å². The molecule has 1 fully saturated rings. The Balaban J connectivity index is 1.90. The summed E-state index contributed by atoms with van der Waals surface area (Å²) < 4.78 is 51.6. The van der Waals surface area contributed by atoms with Crippen molar-refractivity contribution >= 4 is 34.2 Å². The third-order valence-electron chi connectivity index (χ3n) is 6.22. The van der Waals surface area contributed by atoms with Crippen LogP contribution in [0.5, 0.6) is 11.6 Å². The molecule has 0 radical (unpaired) electrons. The number of benzene rings is 1. The molecule has 2 aromatic rings. The van der Waals surface area contributed by atoms with Crippen LogP contribution in [0.4, 0.5) is 18.9 Å². The minimum absolute atomic E-state index is 0.0452. The molecule has 5 nitrogen and oxygen atoms in total. The van der Waals surface area contributed by atoms with E-state index in [2.05, 4.69) is 11.9 Å². The molecule has 186 valence electrons. The van der Waals surface area contributed by atoms with Gasteiger partial charge < -0.3 is 14.4 Å². The Morgan fingerprint density at radius 3 is 2.50 bits per heavy atom. The monoisotopic (exact) mass is 590 g/mol. The van der Waals surface area contributed by atoms with Crippen molar-refractivity contribution in [3.63, 3.8) is 0 Å². The van der Waals surface area contributed by atoms with Gasteiger partial charge in [-0.3, -0.25) is 4.79 Å². The zero-order chi connectivity index (χ0) is 25.0. The molecule has 1 aliphatic carbocycles. The first-order valence-corrected chi connectivity index (χ1v) is 12.4. The average Bonchev–Trinajstić information content (AvgIpc) is 2.76. The van der Waals surface area contributed by atoms with Crippen LogP contribution in [0.25, 0.3) is 0 Å². The summed E-state index contributed by atoms with van der Waals surface area (Å²) in [6, 6.07) is 5.74. The van der Waals surface area contributed by atoms with Gasteiger partial charge >= 0.3 is 6.18 Å². The van der Waals surface area contributed by atoms with E-state index < -0.39 is 17.6 Å². The van der Waals surface area contributed by atoms with Crippen LogP contribution in [-0.2, 0) is 15.7 Å². The lowest BCUT2D eigenvalue weighted by molar-refractivity contribution is -0.139. The van der Waals surface area contributed by atoms with Crippen molar-refractivity contribution in [3.8, 4) is 11.6 Å². The Morgan fingerprint density at radius 1 is 1.24 bits per heavy atom. The van der Waals surface area contributed by atoms with Gasteiger partial charge in [-0.1, -0.05) is 6.92 Å². The summed E-state index contributed by atoms with van der Waals surface area (Å²) in [6.07, 6.45) is 0.502. The zero-order valence-electron chi connectivity index (χ0n) is 19.8. The standard InChI is InChI=1S/C25H30F3IN2O3/c1-15-5-7-18(8-6-15)24(32)31(17(3)14-33-4)22-10-9-20(11-16(22)2)34-23-21(25(26,27)28)12-19(29)13-30-23/h9-13,15,17-18H,5-8,14H2,1-4H3/t15?,17-,18?/m0/s1. The van der Waals surface area contributed by atoms with E-state index in [4.69, 9.17) is 9.47 Å². The highest BCUT2D eigenvalue weighted by Crippen LogP contribution is 2.39. The number of anilines is 1. The fourth-order valence-electron chi connectivity index (χ4n) is 4.38. The number of aromatic nitrogens is 1. The zero-order valence-corrected chi connectivity index (χ0v) is 21.9. The van der Waals surface area contributed by atoms with Crippen LogP contribution in [0.1, 0.15) is 50.7 Å². The number of carbonyl (C=O) groups is 1. The number of nitrogens with zero attached hydrogens (tertiary/aromatic N) is 2. The third kappa shape index (κ3) is 6.41. The molecule has 0 spiro atoms. The maximum atomic E-state index is 13.5. The molecule has 1 aromatic heterocycles. The van der Waals surface area contributed by atoms with Crippen molar-refractivity contribution in [1.82, 2.24) is 4.98 Å². The number of ether oxygens (including phenoxy) is 2. The topological polar surface area (TPSA) is 51.7 Å². The van der Waals surface area contributed by atoms with Crippen LogP contribution in [0, 0.1) is 22.3 Å². The summed E-state index contributed by atoms with van der Waals surface area (Å²) >= 11 is 1.78. The molecular formula is C25H30F3IN2O3. The summed E-state index contributed by atoms with van der Waals surface area (Å²) in [4.78, 5) is 19.2. The van der Waals surface area contributed by atoms with E-state index in [-0.39, 0.29) is 23.6 Å². The molecule has 1 amide bonds. The van der Waals surface area contributed by atoms with Crippen LogP contribution in [0.3, 0.4) is 0 Å². The van der Waals surface area contributed by atoms with Gasteiger partial charge in [-0.15, -0.1) is 0 Å². The predicted octanol–water partition coefficient (Wildman–Crippen LogP) is 7.00. The lowest BCUT2D eigenvalue weighted by Crippen LogP contribution is -2.45. The van der Waals surface area contributed by atoms with Crippen molar-refractivity contribution in [2.24, 2.45) is 11.8 Å². The lowest BCUT2D eigenvalue weighted by Gasteiger charge is -2.35. The van der Waals surface area contributed by atoms with Gasteiger partial charge in [-0.25, -0.2) is 4.98 Å². The molecule has 3 rings (SSSR count). The predicted molar refractivity (Wildman–Crippen MR) is 133 cm³/mol. The number of hydrogen-bond donors (Lipinski definition) is 0. The van der Waals surface area contributed by atoms with E-state index in [1.807, 2.05) is 13.8 Å². The van der Waals surface area contributed by atoms with Crippen LogP contribution in [-0.4, -0.2) is 30.6 Å². The summed E-state index contributed by atoms with van der Waals surface area (Å²) in [5.74, 6) is 0.363. The first kappa shape index (κ1) is 26.7. The maximum Gasteiger partial charge on any atom is 0.421 e. The van der Waals surface area contributed by atoms with E-state index in [1.54, 1.807) is 52.8 Å². The molecule has 1 aromatic carbocycles. The number of hydrogen-bond acceptors (Lipinski definition) is 4. The smallest absolute Gasteiger partial charge is 0.421 e. The third-order valence-corrected chi connectivity index (χ3v) is 6.81. The fraction of sp³-hybridized carbons (Fsp3) is 0.520. The number of rotatable bonds is 7. The molecule has 0 aliphatic heterocycles. The summed E-state index contributed by atoms with van der Waals surface area (Å²) in [5.41, 5.74) is 0.488. The second-order valence-corrected chi connectivity index (χ2v) is 10.3. The van der Waals surface area contributed by atoms with Crippen molar-refractivity contribution < 1.29 is 27.4 Å². The Morgan fingerprint density at radius 2 is 1.91 bits per heavy atom. The molecule has 1 heterocycles. The molecule has 0 unspecified atom stereocenters. The van der Waals surface area contributed by atoms with Crippen molar-refractivity contribution in [3.05, 3.63) is 45.2 Å². The minimum atomic E-state index is -4.59. The number of alkyl halides is 3. The van der Waals surface area contributed by atoms with Gasteiger partial charge in [-0.05, 0) is 97.9 Å². The quantitative estimate of drug-likeness (QED) is 0.326. The molecule has 1 aliphatic rings. The van der Waals surface area contributed by atoms with E-state index in [0.29, 0.717) is 21.8 Å². The Labute approximate surface area is 212 Å². The molecule has 9 heteroatoms. The first-order valence-electron chi connectivity index (χ1n) is 11.3. The van der Waals surface area contributed by atoms with Crippen LogP contribution >= 0.6 is 22.6 Å². The highest BCUT2D eigenvalue weighted by atomic mass is 127. The first-order chi connectivity index (χ1) is 16.0. The number of amides is 1. The number of aryl methyl sites for hydroxylation is 1. The van der Waals surface area contributed by atoms with E-state index in [1.165, 1.54) is 6.20 Å². The van der Waals surface area contributed by atoms with Gasteiger partial charge in [0.05, 0.1) is 12.6 Å². The second kappa shape index (κ2) is 11.2. The molecule has 0 bridgehead atoms. The summed E-state index contributed by atoms with van der Waals surface area (Å²) in [5, 5.41) is 0. The minimum Gasteiger partial charge on any atom is -0.438 e. The Kier molecular flexibility index (Phi) is 8.83. The SMILES string of the molecule is COC[C@H](C)N(C(=O)C1CCC(C)CC1)c1ccc(Oc2ncc(I)cc2C(F)(F)F)cc1C. The van der Waals surface area contributed by atoms with Crippen LogP contribution < -0.4 is 9.64 Å². The Bertz CT molecular complexity index is 1010. The molecule has 34 heavy (non-hydrogen) atoms. The van der Waals surface area contributed by atoms with Gasteiger partial charge in [0.1, 0.15) is 11.3 Å². The molecule has 1 atom stereocenters. The summed E-state index contributed by atoms with van der Waals surface area (Å²) in [7, 11) is 1.59. The largest absolute Gasteiger partial charge is 0.438 e. The van der Waals surface area contributed by atoms with Crippen molar-refractivity contribution in [2.75, 3.05) is 18.6 Å². The maximum absolute atomic E-state index is 13.5. The highest BCUT2D eigenvalue weighted by molar-refractivity contribution is 14.1. The van der Waals surface area contributed by atoms with Crippen molar-refractivity contribution in [1.29, 1.82) is 0 Å². The van der Waals surface area contributed by atoms with E-state index in [9.17, 15) is 18.0 Å². The number of halogens is 4. The second-order valence-electron chi connectivity index (χ2n) is 9.02. The number of methoxy groups -OCH3 is 1. The van der Waals surface area contributed by atoms with Crippen LogP contribution in [0.15, 0.2) is 30.5 Å². The fourth-order valence-corrected chi connectivity index (χ4v) is 4.83. The van der Waals surface area contributed by atoms with Gasteiger partial charge in [0.25, 0.3) is 0 Å². The van der Waals surface area contributed by atoms with Crippen molar-refractivity contribution in [2.45, 2.75) is 58.7 Å². The molecular weight excluding hydrogens is 560 g/mol. The number of pyridine rings is 1. The molecule has 0 saturated heterocycles. The normalized spacial score (nSPS) is 19.5. The number of carbonyl (C=O) groups excluding carboxylic acids is 1. The Hall–Kier alpha value is -1.88. The molecule has 0 N–H and O–H groups in total. The van der Waals surface area contributed by atoms with Gasteiger partial charge in [0.15, 0.2) is 0 Å². The molecule has 1 saturated carbocycles. The van der Waals surface area contributed by atoms with Gasteiger partial charge in [0, 0.05) is 28.5 Å². The van der Waals surface area contributed by atoms with Gasteiger partial charge in [-0.2, -0.15) is 13.2 Å². The van der Waals surface area contributed by atoms with E-state index >= 15 is 0 Å². The highest BCUT2D eigenvalue weighted by Gasteiger charge is 2.36. The van der Waals surface area contributed by atoms with Gasteiger partial charge in [0.2, 0.25) is 11.8 Å². The lowest BCUT2D eigenvalue weighted by atomic mass is 9.82. The van der Waals surface area contributed by atoms with E-state index in [0.717, 1.165) is 37.3 Å². The summed E-state index contributed by atoms with van der Waals surface area (Å²) in [6.45, 7) is 6.33. The average molecular weight is 590 g/mol.